The topological polar surface area (TPSA) is 63.2 Å². The zero-order chi connectivity index (χ0) is 15.4. The Labute approximate surface area is 133 Å². The molecular weight excluding hydrogens is 298 g/mol. The van der Waals surface area contributed by atoms with E-state index < -0.39 is 0 Å². The number of fused-ring (bicyclic) bond motifs is 1. The molecule has 2 aromatic rings. The molecule has 22 heavy (non-hydrogen) atoms. The molecule has 1 aromatic carbocycles. The van der Waals surface area contributed by atoms with Gasteiger partial charge in [0.05, 0.1) is 19.2 Å². The van der Waals surface area contributed by atoms with Gasteiger partial charge in [-0.25, -0.2) is 9.78 Å². The summed E-state index contributed by atoms with van der Waals surface area (Å²) in [5.74, 6) is 0.862. The second-order valence-corrected chi connectivity index (χ2v) is 6.23. The van der Waals surface area contributed by atoms with Crippen LogP contribution in [0.15, 0.2) is 29.6 Å². The maximum atomic E-state index is 12.1. The number of amides is 2. The molecule has 2 heterocycles. The van der Waals surface area contributed by atoms with Gasteiger partial charge in [0.25, 0.3) is 0 Å². The van der Waals surface area contributed by atoms with E-state index in [4.69, 9.17) is 4.74 Å². The minimum atomic E-state index is -0.172. The minimum Gasteiger partial charge on any atom is -0.493 e. The van der Waals surface area contributed by atoms with Crippen LogP contribution in [0.3, 0.4) is 0 Å². The van der Waals surface area contributed by atoms with Gasteiger partial charge in [-0.15, -0.1) is 11.3 Å². The molecule has 0 unspecified atom stereocenters. The standard InChI is InChI=1S/C16H19N3O2S/c1-11-10-22-15(18-11)9-17-16(20)19-13-6-4-8-21-14-7-3-2-5-12(13)14/h2-3,5,7,10,13H,4,6,8-9H2,1H3,(H2,17,19,20)/t13-/m0/s1. The number of para-hydroxylation sites is 1. The minimum absolute atomic E-state index is 0.0169. The number of rotatable bonds is 3. The van der Waals surface area contributed by atoms with Crippen LogP contribution >= 0.6 is 11.3 Å². The van der Waals surface area contributed by atoms with Crippen LogP contribution in [0.4, 0.5) is 4.79 Å². The highest BCUT2D eigenvalue weighted by atomic mass is 32.1. The van der Waals surface area contributed by atoms with Crippen molar-refractivity contribution in [3.8, 4) is 5.75 Å². The number of aromatic nitrogens is 1. The Morgan fingerprint density at radius 2 is 2.32 bits per heavy atom. The van der Waals surface area contributed by atoms with E-state index in [2.05, 4.69) is 15.6 Å². The van der Waals surface area contributed by atoms with Crippen LogP contribution in [0.5, 0.6) is 5.75 Å². The molecule has 5 nitrogen and oxygen atoms in total. The molecule has 0 aliphatic carbocycles. The average molecular weight is 317 g/mol. The van der Waals surface area contributed by atoms with Crippen molar-refractivity contribution < 1.29 is 9.53 Å². The number of nitrogens with one attached hydrogen (secondary N) is 2. The second-order valence-electron chi connectivity index (χ2n) is 5.29. The number of hydrogen-bond donors (Lipinski definition) is 2. The van der Waals surface area contributed by atoms with Gasteiger partial charge in [-0.3, -0.25) is 0 Å². The molecule has 6 heteroatoms. The van der Waals surface area contributed by atoms with E-state index in [-0.39, 0.29) is 12.1 Å². The number of ether oxygens (including phenoxy) is 1. The summed E-state index contributed by atoms with van der Waals surface area (Å²) in [5.41, 5.74) is 2.03. The van der Waals surface area contributed by atoms with Crippen LogP contribution in [0.2, 0.25) is 0 Å². The van der Waals surface area contributed by atoms with Crippen molar-refractivity contribution in [2.24, 2.45) is 0 Å². The Balaban J connectivity index is 1.61. The van der Waals surface area contributed by atoms with Crippen molar-refractivity contribution in [3.05, 3.63) is 45.9 Å². The number of benzene rings is 1. The summed E-state index contributed by atoms with van der Waals surface area (Å²) in [4.78, 5) is 16.5. The molecule has 3 rings (SSSR count). The van der Waals surface area contributed by atoms with Crippen LogP contribution in [-0.2, 0) is 6.54 Å². The van der Waals surface area contributed by atoms with E-state index in [1.165, 1.54) is 0 Å². The van der Waals surface area contributed by atoms with Crippen molar-refractivity contribution in [1.29, 1.82) is 0 Å². The molecule has 0 radical (unpaired) electrons. The van der Waals surface area contributed by atoms with Gasteiger partial charge in [0.1, 0.15) is 10.8 Å². The number of aryl methyl sites for hydroxylation is 1. The molecule has 2 amide bonds. The molecule has 0 saturated carbocycles. The Bertz CT molecular complexity index is 656. The molecule has 0 spiro atoms. The first-order valence-electron chi connectivity index (χ1n) is 7.39. The number of hydrogen-bond acceptors (Lipinski definition) is 4. The van der Waals surface area contributed by atoms with Crippen LogP contribution in [0.1, 0.15) is 35.1 Å². The summed E-state index contributed by atoms with van der Waals surface area (Å²) >= 11 is 1.56. The third-order valence-electron chi connectivity index (χ3n) is 3.56. The highest BCUT2D eigenvalue weighted by Crippen LogP contribution is 2.30. The zero-order valence-electron chi connectivity index (χ0n) is 12.5. The maximum Gasteiger partial charge on any atom is 0.315 e. The lowest BCUT2D eigenvalue weighted by molar-refractivity contribution is 0.236. The molecule has 1 aliphatic heterocycles. The summed E-state index contributed by atoms with van der Waals surface area (Å²) < 4.78 is 5.71. The summed E-state index contributed by atoms with van der Waals surface area (Å²) in [6.45, 7) is 3.09. The fourth-order valence-corrected chi connectivity index (χ4v) is 3.24. The van der Waals surface area contributed by atoms with Crippen molar-refractivity contribution in [2.45, 2.75) is 32.4 Å². The molecule has 0 bridgehead atoms. The van der Waals surface area contributed by atoms with Crippen LogP contribution in [0, 0.1) is 6.92 Å². The maximum absolute atomic E-state index is 12.1. The summed E-state index contributed by atoms with van der Waals surface area (Å²) in [7, 11) is 0. The number of urea groups is 1. The molecule has 116 valence electrons. The predicted octanol–water partition coefficient (Wildman–Crippen LogP) is 3.16. The second kappa shape index (κ2) is 6.79. The summed E-state index contributed by atoms with van der Waals surface area (Å²) in [6.07, 6.45) is 1.80. The third-order valence-corrected chi connectivity index (χ3v) is 4.53. The van der Waals surface area contributed by atoms with Gasteiger partial charge in [0, 0.05) is 16.6 Å². The SMILES string of the molecule is Cc1csc(CNC(=O)N[C@H]2CCCOc3ccccc32)n1. The van der Waals surface area contributed by atoms with Gasteiger partial charge in [0.2, 0.25) is 0 Å². The number of nitrogens with zero attached hydrogens (tertiary/aromatic N) is 1. The van der Waals surface area contributed by atoms with Gasteiger partial charge in [-0.05, 0) is 25.8 Å². The normalized spacial score (nSPS) is 17.0. The van der Waals surface area contributed by atoms with Gasteiger partial charge in [-0.1, -0.05) is 18.2 Å². The van der Waals surface area contributed by atoms with E-state index in [1.807, 2.05) is 36.6 Å². The lowest BCUT2D eigenvalue weighted by Gasteiger charge is -2.18. The summed E-state index contributed by atoms with van der Waals surface area (Å²) in [6, 6.07) is 7.69. The van der Waals surface area contributed by atoms with E-state index >= 15 is 0 Å². The van der Waals surface area contributed by atoms with E-state index in [0.29, 0.717) is 13.2 Å². The fourth-order valence-electron chi connectivity index (χ4n) is 2.52. The van der Waals surface area contributed by atoms with Crippen molar-refractivity contribution >= 4 is 17.4 Å². The highest BCUT2D eigenvalue weighted by molar-refractivity contribution is 7.09. The quantitative estimate of drug-likeness (QED) is 0.914. The predicted molar refractivity (Wildman–Crippen MR) is 86.1 cm³/mol. The van der Waals surface area contributed by atoms with Crippen LogP contribution < -0.4 is 15.4 Å². The van der Waals surface area contributed by atoms with Crippen molar-refractivity contribution in [3.63, 3.8) is 0 Å². The molecule has 1 aromatic heterocycles. The monoisotopic (exact) mass is 317 g/mol. The highest BCUT2D eigenvalue weighted by Gasteiger charge is 2.21. The van der Waals surface area contributed by atoms with Crippen molar-refractivity contribution in [2.75, 3.05) is 6.61 Å². The molecule has 1 atom stereocenters. The fraction of sp³-hybridized carbons (Fsp3) is 0.375. The number of carbonyl (C=O) groups excluding carboxylic acids is 1. The van der Waals surface area contributed by atoms with E-state index in [9.17, 15) is 4.79 Å². The van der Waals surface area contributed by atoms with Gasteiger partial charge < -0.3 is 15.4 Å². The molecule has 0 fully saturated rings. The van der Waals surface area contributed by atoms with Crippen LogP contribution in [-0.4, -0.2) is 17.6 Å². The van der Waals surface area contributed by atoms with Crippen molar-refractivity contribution in [1.82, 2.24) is 15.6 Å². The van der Waals surface area contributed by atoms with Crippen LogP contribution in [0.25, 0.3) is 0 Å². The zero-order valence-corrected chi connectivity index (χ0v) is 13.3. The first-order chi connectivity index (χ1) is 10.7. The molecule has 1 aliphatic rings. The largest absolute Gasteiger partial charge is 0.493 e. The average Bonchev–Trinajstić information content (AvgIpc) is 2.83. The summed E-state index contributed by atoms with van der Waals surface area (Å²) in [5, 5.41) is 8.80. The number of thiazole rings is 1. The smallest absolute Gasteiger partial charge is 0.315 e. The third kappa shape index (κ3) is 3.57. The molecule has 2 N–H and O–H groups in total. The Hall–Kier alpha value is -2.08. The van der Waals surface area contributed by atoms with E-state index in [0.717, 1.165) is 34.9 Å². The first-order valence-corrected chi connectivity index (χ1v) is 8.27. The van der Waals surface area contributed by atoms with Gasteiger partial charge >= 0.3 is 6.03 Å². The first kappa shape index (κ1) is 14.8. The lowest BCUT2D eigenvalue weighted by Crippen LogP contribution is -2.37. The molecule has 0 saturated heterocycles. The Morgan fingerprint density at radius 1 is 1.45 bits per heavy atom. The van der Waals surface area contributed by atoms with Gasteiger partial charge in [-0.2, -0.15) is 0 Å². The Kier molecular flexibility index (Phi) is 4.58. The lowest BCUT2D eigenvalue weighted by atomic mass is 10.0. The Morgan fingerprint density at radius 3 is 3.14 bits per heavy atom. The number of carbonyl (C=O) groups is 1. The van der Waals surface area contributed by atoms with Gasteiger partial charge in [0.15, 0.2) is 0 Å². The van der Waals surface area contributed by atoms with E-state index in [1.54, 1.807) is 11.3 Å². The molecular formula is C16H19N3O2S.